The Kier molecular flexibility index (Phi) is 3.20. The molecule has 1 heterocycles. The zero-order chi connectivity index (χ0) is 11.5. The van der Waals surface area contributed by atoms with E-state index in [1.807, 2.05) is 0 Å². The summed E-state index contributed by atoms with van der Waals surface area (Å²) in [5.41, 5.74) is 0.0539. The Balaban J connectivity index is 2.20. The SMILES string of the molecule is N#CC(c1nc(C(=O)O)cs1)C1CCCC1. The minimum Gasteiger partial charge on any atom is -0.476 e. The number of rotatable bonds is 3. The van der Waals surface area contributed by atoms with E-state index in [0.717, 1.165) is 12.8 Å². The monoisotopic (exact) mass is 236 g/mol. The van der Waals surface area contributed by atoms with Crippen LogP contribution < -0.4 is 0 Å². The minimum absolute atomic E-state index is 0.0539. The van der Waals surface area contributed by atoms with Crippen LogP contribution in [0.1, 0.15) is 47.1 Å². The van der Waals surface area contributed by atoms with E-state index in [1.54, 1.807) is 0 Å². The molecular weight excluding hydrogens is 224 g/mol. The van der Waals surface area contributed by atoms with Crippen LogP contribution in [-0.4, -0.2) is 16.1 Å². The lowest BCUT2D eigenvalue weighted by atomic mass is 9.93. The highest BCUT2D eigenvalue weighted by molar-refractivity contribution is 7.10. The zero-order valence-electron chi connectivity index (χ0n) is 8.72. The van der Waals surface area contributed by atoms with Crippen LogP contribution in [0.15, 0.2) is 5.38 Å². The fraction of sp³-hybridized carbons (Fsp3) is 0.545. The summed E-state index contributed by atoms with van der Waals surface area (Å²) in [4.78, 5) is 14.7. The molecule has 1 aromatic heterocycles. The van der Waals surface area contributed by atoms with Gasteiger partial charge < -0.3 is 5.11 Å². The fourth-order valence-electron chi connectivity index (χ4n) is 2.18. The molecule has 1 aromatic rings. The molecule has 1 unspecified atom stereocenters. The molecule has 0 saturated heterocycles. The lowest BCUT2D eigenvalue weighted by Crippen LogP contribution is -2.08. The van der Waals surface area contributed by atoms with Crippen molar-refractivity contribution >= 4 is 17.3 Å². The van der Waals surface area contributed by atoms with Gasteiger partial charge in [0.1, 0.15) is 10.9 Å². The van der Waals surface area contributed by atoms with Crippen molar-refractivity contribution in [1.29, 1.82) is 5.26 Å². The van der Waals surface area contributed by atoms with Gasteiger partial charge >= 0.3 is 5.97 Å². The summed E-state index contributed by atoms with van der Waals surface area (Å²) < 4.78 is 0. The van der Waals surface area contributed by atoms with Crippen molar-refractivity contribution in [2.45, 2.75) is 31.6 Å². The molecule has 0 amide bonds. The highest BCUT2D eigenvalue weighted by atomic mass is 32.1. The average Bonchev–Trinajstić information content (AvgIpc) is 2.88. The third kappa shape index (κ3) is 2.07. The van der Waals surface area contributed by atoms with Crippen molar-refractivity contribution in [1.82, 2.24) is 4.98 Å². The van der Waals surface area contributed by atoms with E-state index in [1.165, 1.54) is 29.6 Å². The molecule has 1 fully saturated rings. The molecule has 1 aliphatic carbocycles. The first kappa shape index (κ1) is 11.1. The number of carboxylic acid groups (broad SMARTS) is 1. The Bertz CT molecular complexity index is 429. The predicted molar refractivity (Wildman–Crippen MR) is 59.4 cm³/mol. The van der Waals surface area contributed by atoms with E-state index in [4.69, 9.17) is 10.4 Å². The van der Waals surface area contributed by atoms with Gasteiger partial charge in [-0.25, -0.2) is 9.78 Å². The molecule has 0 bridgehead atoms. The second-order valence-electron chi connectivity index (χ2n) is 4.03. The molecule has 1 aliphatic rings. The Morgan fingerprint density at radius 3 is 2.81 bits per heavy atom. The summed E-state index contributed by atoms with van der Waals surface area (Å²) in [5, 5.41) is 20.1. The van der Waals surface area contributed by atoms with Gasteiger partial charge in [0, 0.05) is 5.38 Å². The highest BCUT2D eigenvalue weighted by Gasteiger charge is 2.28. The smallest absolute Gasteiger partial charge is 0.355 e. The van der Waals surface area contributed by atoms with Gasteiger partial charge in [-0.3, -0.25) is 0 Å². The van der Waals surface area contributed by atoms with E-state index in [-0.39, 0.29) is 11.6 Å². The minimum atomic E-state index is -1.02. The molecule has 1 saturated carbocycles. The van der Waals surface area contributed by atoms with Crippen LogP contribution in [0, 0.1) is 17.2 Å². The third-order valence-corrected chi connectivity index (χ3v) is 3.95. The molecule has 0 aromatic carbocycles. The largest absolute Gasteiger partial charge is 0.476 e. The second-order valence-corrected chi connectivity index (χ2v) is 4.92. The molecule has 2 rings (SSSR count). The van der Waals surface area contributed by atoms with E-state index < -0.39 is 5.97 Å². The summed E-state index contributed by atoms with van der Waals surface area (Å²) in [6, 6.07) is 2.27. The van der Waals surface area contributed by atoms with Gasteiger partial charge in [-0.2, -0.15) is 5.26 Å². The maximum Gasteiger partial charge on any atom is 0.355 e. The van der Waals surface area contributed by atoms with Crippen LogP contribution in [0.3, 0.4) is 0 Å². The number of hydrogen-bond acceptors (Lipinski definition) is 4. The van der Waals surface area contributed by atoms with E-state index in [9.17, 15) is 4.79 Å². The molecule has 5 heteroatoms. The van der Waals surface area contributed by atoms with Crippen molar-refractivity contribution in [2.24, 2.45) is 5.92 Å². The number of nitriles is 1. The van der Waals surface area contributed by atoms with Gasteiger partial charge in [0.2, 0.25) is 0 Å². The molecule has 1 N–H and O–H groups in total. The van der Waals surface area contributed by atoms with E-state index in [0.29, 0.717) is 10.9 Å². The van der Waals surface area contributed by atoms with Crippen molar-refractivity contribution in [2.75, 3.05) is 0 Å². The van der Waals surface area contributed by atoms with Gasteiger partial charge in [-0.15, -0.1) is 11.3 Å². The molecule has 0 radical (unpaired) electrons. The Hall–Kier alpha value is -1.41. The first-order valence-corrected chi connectivity index (χ1v) is 6.18. The Labute approximate surface area is 97.6 Å². The standard InChI is InChI=1S/C11H12N2O2S/c12-5-8(7-3-1-2-4-7)10-13-9(6-16-10)11(14)15/h6-8H,1-4H2,(H,14,15). The fourth-order valence-corrected chi connectivity index (χ4v) is 3.11. The molecule has 1 atom stereocenters. The van der Waals surface area contributed by atoms with Crippen LogP contribution in [0.25, 0.3) is 0 Å². The molecule has 0 spiro atoms. The third-order valence-electron chi connectivity index (χ3n) is 3.02. The molecule has 4 nitrogen and oxygen atoms in total. The summed E-state index contributed by atoms with van der Waals surface area (Å²) in [7, 11) is 0. The summed E-state index contributed by atoms with van der Waals surface area (Å²) in [6.07, 6.45) is 4.44. The maximum absolute atomic E-state index is 10.7. The lowest BCUT2D eigenvalue weighted by Gasteiger charge is -2.12. The number of nitrogens with zero attached hydrogens (tertiary/aromatic N) is 2. The number of aromatic carboxylic acids is 1. The van der Waals surface area contributed by atoms with Gasteiger partial charge in [-0.1, -0.05) is 12.8 Å². The predicted octanol–water partition coefficient (Wildman–Crippen LogP) is 2.64. The normalized spacial score (nSPS) is 18.2. The summed E-state index contributed by atoms with van der Waals surface area (Å²) in [6.45, 7) is 0. The number of carboxylic acids is 1. The van der Waals surface area contributed by atoms with Gasteiger partial charge in [0.05, 0.1) is 6.07 Å². The topological polar surface area (TPSA) is 74.0 Å². The van der Waals surface area contributed by atoms with Crippen LogP contribution in [0.4, 0.5) is 0 Å². The molecular formula is C11H12N2O2S. The van der Waals surface area contributed by atoms with Gasteiger partial charge in [0.25, 0.3) is 0 Å². The van der Waals surface area contributed by atoms with E-state index >= 15 is 0 Å². The van der Waals surface area contributed by atoms with Crippen molar-refractivity contribution in [3.8, 4) is 6.07 Å². The first-order valence-electron chi connectivity index (χ1n) is 5.30. The average molecular weight is 236 g/mol. The van der Waals surface area contributed by atoms with Crippen LogP contribution >= 0.6 is 11.3 Å². The van der Waals surface area contributed by atoms with Crippen molar-refractivity contribution in [3.63, 3.8) is 0 Å². The van der Waals surface area contributed by atoms with Crippen LogP contribution in [-0.2, 0) is 0 Å². The number of hydrogen-bond donors (Lipinski definition) is 1. The number of aromatic nitrogens is 1. The lowest BCUT2D eigenvalue weighted by molar-refractivity contribution is 0.0691. The van der Waals surface area contributed by atoms with Crippen LogP contribution in [0.5, 0.6) is 0 Å². The summed E-state index contributed by atoms with van der Waals surface area (Å²) in [5.74, 6) is -0.885. The number of thiazole rings is 1. The molecule has 16 heavy (non-hydrogen) atoms. The van der Waals surface area contributed by atoms with Gasteiger partial charge in [-0.05, 0) is 18.8 Å². The van der Waals surface area contributed by atoms with Crippen molar-refractivity contribution in [3.05, 3.63) is 16.1 Å². The number of carbonyl (C=O) groups is 1. The quantitative estimate of drug-likeness (QED) is 0.875. The Morgan fingerprint density at radius 2 is 2.31 bits per heavy atom. The second kappa shape index (κ2) is 4.62. The first-order chi connectivity index (χ1) is 7.72. The Morgan fingerprint density at radius 1 is 1.62 bits per heavy atom. The highest BCUT2D eigenvalue weighted by Crippen LogP contribution is 2.37. The summed E-state index contributed by atoms with van der Waals surface area (Å²) >= 11 is 1.28. The van der Waals surface area contributed by atoms with Gasteiger partial charge in [0.15, 0.2) is 5.69 Å². The van der Waals surface area contributed by atoms with Crippen molar-refractivity contribution < 1.29 is 9.90 Å². The maximum atomic E-state index is 10.7. The zero-order valence-corrected chi connectivity index (χ0v) is 9.54. The van der Waals surface area contributed by atoms with E-state index in [2.05, 4.69) is 11.1 Å². The molecule has 0 aliphatic heterocycles. The molecule has 84 valence electrons. The van der Waals surface area contributed by atoms with Crippen LogP contribution in [0.2, 0.25) is 0 Å².